The van der Waals surface area contributed by atoms with E-state index in [0.717, 1.165) is 17.6 Å². The minimum atomic E-state index is -0.238. The Morgan fingerprint density at radius 2 is 1.41 bits per heavy atom. The quantitative estimate of drug-likeness (QED) is 0.354. The molecule has 0 unspecified atom stereocenters. The fourth-order valence-electron chi connectivity index (χ4n) is 3.21. The molecule has 0 amide bonds. The lowest BCUT2D eigenvalue weighted by Gasteiger charge is -2.07. The van der Waals surface area contributed by atoms with Crippen LogP contribution < -0.4 is 14.2 Å². The molecule has 0 aliphatic carbocycles. The van der Waals surface area contributed by atoms with E-state index in [4.69, 9.17) is 25.8 Å². The Kier molecular flexibility index (Phi) is 7.26. The average Bonchev–Trinajstić information content (AvgIpc) is 3.28. The number of hydrogen-bond donors (Lipinski definition) is 1. The number of ether oxygens (including phenoxy) is 3. The zero-order valence-electron chi connectivity index (χ0n) is 18.5. The van der Waals surface area contributed by atoms with Crippen LogP contribution in [0.5, 0.6) is 23.0 Å². The first-order valence-electron chi connectivity index (χ1n) is 10.2. The van der Waals surface area contributed by atoms with Crippen LogP contribution in [0.2, 0.25) is 0 Å². The van der Waals surface area contributed by atoms with Crippen LogP contribution in [-0.2, 0) is 0 Å². The predicted molar refractivity (Wildman–Crippen MR) is 122 cm³/mol. The van der Waals surface area contributed by atoms with Crippen molar-refractivity contribution in [3.63, 3.8) is 0 Å². The number of phenolic OH excluding ortho intramolecular Hbond substituents is 1. The van der Waals surface area contributed by atoms with E-state index in [-0.39, 0.29) is 22.9 Å². The van der Waals surface area contributed by atoms with Gasteiger partial charge in [0.2, 0.25) is 11.6 Å². The second-order valence-electron chi connectivity index (χ2n) is 7.69. The third-order valence-corrected chi connectivity index (χ3v) is 4.99. The maximum Gasteiger partial charge on any atom is 0.235 e. The van der Waals surface area contributed by atoms with Gasteiger partial charge in [-0.05, 0) is 69.5 Å². The zero-order chi connectivity index (χ0) is 23.4. The van der Waals surface area contributed by atoms with E-state index in [1.54, 1.807) is 38.1 Å². The SMILES string of the molecule is CC(C)=C1Oc2cccc(O)c2C1=O.CC(C)=C1Oc2cccc(OCCCCl)c2C1=O. The van der Waals surface area contributed by atoms with Gasteiger partial charge in [-0.2, -0.15) is 0 Å². The normalized spacial score (nSPS) is 13.5. The highest BCUT2D eigenvalue weighted by Crippen LogP contribution is 2.39. The van der Waals surface area contributed by atoms with Gasteiger partial charge in [0, 0.05) is 5.88 Å². The number of carbonyl (C=O) groups is 2. The van der Waals surface area contributed by atoms with E-state index < -0.39 is 0 Å². The van der Waals surface area contributed by atoms with Crippen LogP contribution in [0.1, 0.15) is 54.8 Å². The number of halogens is 1. The molecule has 32 heavy (non-hydrogen) atoms. The Morgan fingerprint density at radius 3 is 1.94 bits per heavy atom. The highest BCUT2D eigenvalue weighted by Gasteiger charge is 2.32. The van der Waals surface area contributed by atoms with Crippen molar-refractivity contribution in [3.05, 3.63) is 70.2 Å². The third kappa shape index (κ3) is 4.65. The summed E-state index contributed by atoms with van der Waals surface area (Å²) in [5.41, 5.74) is 2.46. The summed E-state index contributed by atoms with van der Waals surface area (Å²) in [7, 11) is 0. The molecule has 2 aliphatic heterocycles. The second-order valence-corrected chi connectivity index (χ2v) is 8.07. The molecule has 2 aromatic carbocycles. The fraction of sp³-hybridized carbons (Fsp3) is 0.280. The maximum absolute atomic E-state index is 12.2. The van der Waals surface area contributed by atoms with Gasteiger partial charge in [0.1, 0.15) is 34.1 Å². The van der Waals surface area contributed by atoms with E-state index in [2.05, 4.69) is 0 Å². The summed E-state index contributed by atoms with van der Waals surface area (Å²) < 4.78 is 16.5. The molecule has 4 rings (SSSR count). The molecule has 2 heterocycles. The molecule has 0 radical (unpaired) electrons. The average molecular weight is 457 g/mol. The van der Waals surface area contributed by atoms with Crippen LogP contribution in [0.3, 0.4) is 0 Å². The first-order valence-corrected chi connectivity index (χ1v) is 10.7. The standard InChI is InChI=1S/C14H15ClO3.C11H10O3/c1-9(2)14-13(16)12-10(17-8-4-7-15)5-3-6-11(12)18-14;1-6(2)11-10(13)9-7(12)4-3-5-8(9)14-11/h3,5-6H,4,7-8H2,1-2H3;3-5,12H,1-2H3. The van der Waals surface area contributed by atoms with Gasteiger partial charge in [0.25, 0.3) is 0 Å². The number of benzene rings is 2. The highest BCUT2D eigenvalue weighted by atomic mass is 35.5. The van der Waals surface area contributed by atoms with Crippen molar-refractivity contribution < 1.29 is 28.9 Å². The molecule has 0 bridgehead atoms. The van der Waals surface area contributed by atoms with E-state index >= 15 is 0 Å². The van der Waals surface area contributed by atoms with Crippen molar-refractivity contribution in [3.8, 4) is 23.0 Å². The second kappa shape index (κ2) is 9.92. The summed E-state index contributed by atoms with van der Waals surface area (Å²) in [6, 6.07) is 10.2. The number of rotatable bonds is 4. The molecule has 0 atom stereocenters. The zero-order valence-corrected chi connectivity index (χ0v) is 19.2. The Hall–Kier alpha value is -3.25. The number of hydrogen-bond acceptors (Lipinski definition) is 6. The topological polar surface area (TPSA) is 82.1 Å². The fourth-order valence-corrected chi connectivity index (χ4v) is 3.32. The van der Waals surface area contributed by atoms with E-state index in [0.29, 0.717) is 46.8 Å². The van der Waals surface area contributed by atoms with Crippen LogP contribution >= 0.6 is 11.6 Å². The number of carbonyl (C=O) groups excluding carboxylic acids is 2. The summed E-state index contributed by atoms with van der Waals surface area (Å²) >= 11 is 5.60. The molecule has 168 valence electrons. The van der Waals surface area contributed by atoms with E-state index in [1.165, 1.54) is 6.07 Å². The van der Waals surface area contributed by atoms with Crippen LogP contribution in [-0.4, -0.2) is 29.2 Å². The lowest BCUT2D eigenvalue weighted by atomic mass is 10.1. The summed E-state index contributed by atoms with van der Waals surface area (Å²) in [5.74, 6) is 2.47. The molecular formula is C25H25ClO6. The van der Waals surface area contributed by atoms with Crippen molar-refractivity contribution in [2.75, 3.05) is 12.5 Å². The number of fused-ring (bicyclic) bond motifs is 2. The van der Waals surface area contributed by atoms with Gasteiger partial charge in [-0.3, -0.25) is 9.59 Å². The molecule has 0 saturated heterocycles. The molecule has 0 spiro atoms. The molecule has 2 aromatic rings. The lowest BCUT2D eigenvalue weighted by molar-refractivity contribution is 0.100. The number of allylic oxidation sites excluding steroid dienone is 4. The first kappa shape index (κ1) is 23.4. The molecular weight excluding hydrogens is 432 g/mol. The van der Waals surface area contributed by atoms with Gasteiger partial charge in [0.05, 0.1) is 6.61 Å². The summed E-state index contributed by atoms with van der Waals surface area (Å²) in [5, 5.41) is 9.48. The minimum Gasteiger partial charge on any atom is -0.507 e. The molecule has 2 aliphatic rings. The lowest BCUT2D eigenvalue weighted by Crippen LogP contribution is -2.04. The minimum absolute atomic E-state index is 0.0243. The smallest absolute Gasteiger partial charge is 0.235 e. The van der Waals surface area contributed by atoms with Crippen molar-refractivity contribution in [1.82, 2.24) is 0 Å². The molecule has 6 nitrogen and oxygen atoms in total. The Labute approximate surface area is 192 Å². The first-order chi connectivity index (χ1) is 15.3. The third-order valence-electron chi connectivity index (χ3n) is 4.73. The molecule has 0 aromatic heterocycles. The predicted octanol–water partition coefficient (Wildman–Crippen LogP) is 5.82. The van der Waals surface area contributed by atoms with Gasteiger partial charge < -0.3 is 19.3 Å². The largest absolute Gasteiger partial charge is 0.507 e. The Balaban J connectivity index is 0.000000186. The molecule has 0 fully saturated rings. The van der Waals surface area contributed by atoms with E-state index in [1.807, 2.05) is 19.9 Å². The van der Waals surface area contributed by atoms with Crippen LogP contribution in [0.15, 0.2) is 59.1 Å². The highest BCUT2D eigenvalue weighted by molar-refractivity contribution is 6.17. The van der Waals surface area contributed by atoms with Crippen molar-refractivity contribution >= 4 is 23.2 Å². The number of phenols is 1. The van der Waals surface area contributed by atoms with Gasteiger partial charge in [-0.25, -0.2) is 0 Å². The van der Waals surface area contributed by atoms with Crippen LogP contribution in [0.25, 0.3) is 0 Å². The monoisotopic (exact) mass is 456 g/mol. The molecule has 0 saturated carbocycles. The molecule has 7 heteroatoms. The number of alkyl halides is 1. The number of Topliss-reactive ketones (excluding diaryl/α,β-unsaturated/α-hetero) is 2. The van der Waals surface area contributed by atoms with Crippen molar-refractivity contribution in [1.29, 1.82) is 0 Å². The van der Waals surface area contributed by atoms with Crippen molar-refractivity contribution in [2.45, 2.75) is 34.1 Å². The van der Waals surface area contributed by atoms with Crippen molar-refractivity contribution in [2.24, 2.45) is 0 Å². The van der Waals surface area contributed by atoms with Gasteiger partial charge >= 0.3 is 0 Å². The number of ketones is 2. The van der Waals surface area contributed by atoms with Crippen LogP contribution in [0, 0.1) is 0 Å². The van der Waals surface area contributed by atoms with Gasteiger partial charge in [0.15, 0.2) is 11.5 Å². The van der Waals surface area contributed by atoms with Gasteiger partial charge in [-0.1, -0.05) is 12.1 Å². The summed E-state index contributed by atoms with van der Waals surface area (Å²) in [4.78, 5) is 23.9. The maximum atomic E-state index is 12.2. The number of aromatic hydroxyl groups is 1. The van der Waals surface area contributed by atoms with E-state index in [9.17, 15) is 14.7 Å². The van der Waals surface area contributed by atoms with Crippen LogP contribution in [0.4, 0.5) is 0 Å². The summed E-state index contributed by atoms with van der Waals surface area (Å²) in [6.45, 7) is 7.81. The van der Waals surface area contributed by atoms with Gasteiger partial charge in [-0.15, -0.1) is 11.6 Å². The summed E-state index contributed by atoms with van der Waals surface area (Å²) in [6.07, 6.45) is 0.746. The Morgan fingerprint density at radius 1 is 0.875 bits per heavy atom. The molecule has 1 N–H and O–H groups in total. The Bertz CT molecular complexity index is 1120.